The molecule has 1 aliphatic heterocycles. The highest BCUT2D eigenvalue weighted by atomic mass is 16.5. The van der Waals surface area contributed by atoms with Gasteiger partial charge in [-0.3, -0.25) is 14.4 Å². The SMILES string of the molecule is CC(=O)c1c(O)c(C)c(O)c2c1OC1=CC(=O)/C(=C(/C)Nc3ccc(O)c(C(=O)O)c3)C(=O)[C@@]12C. The lowest BCUT2D eigenvalue weighted by Crippen LogP contribution is -2.40. The van der Waals surface area contributed by atoms with Gasteiger partial charge in [-0.05, 0) is 45.9 Å². The molecule has 35 heavy (non-hydrogen) atoms. The van der Waals surface area contributed by atoms with Crippen molar-refractivity contribution in [2.45, 2.75) is 33.1 Å². The summed E-state index contributed by atoms with van der Waals surface area (Å²) in [6.45, 7) is 5.47. The number of ether oxygens (including phenoxy) is 1. The summed E-state index contributed by atoms with van der Waals surface area (Å²) in [6, 6.07) is 3.68. The quantitative estimate of drug-likeness (QED) is 0.190. The molecule has 0 saturated heterocycles. The molecule has 2 aromatic rings. The Morgan fingerprint density at radius 1 is 1.06 bits per heavy atom. The molecule has 10 heteroatoms. The molecule has 4 rings (SSSR count). The van der Waals surface area contributed by atoms with Gasteiger partial charge in [0.05, 0.1) is 11.1 Å². The third-order valence-electron chi connectivity index (χ3n) is 6.32. The van der Waals surface area contributed by atoms with Crippen LogP contribution in [0.3, 0.4) is 0 Å². The molecule has 2 aromatic carbocycles. The number of benzene rings is 2. The topological polar surface area (TPSA) is 170 Å². The number of carbonyl (C=O) groups excluding carboxylic acids is 3. The van der Waals surface area contributed by atoms with E-state index in [0.29, 0.717) is 0 Å². The molecule has 2 aliphatic rings. The van der Waals surface area contributed by atoms with Crippen LogP contribution >= 0.6 is 0 Å². The molecule has 180 valence electrons. The molecule has 0 fully saturated rings. The van der Waals surface area contributed by atoms with Crippen molar-refractivity contribution in [3.63, 3.8) is 0 Å². The third kappa shape index (κ3) is 3.25. The number of hydrogen-bond acceptors (Lipinski definition) is 9. The van der Waals surface area contributed by atoms with Crippen LogP contribution < -0.4 is 10.1 Å². The van der Waals surface area contributed by atoms with Crippen LogP contribution in [0.5, 0.6) is 23.0 Å². The number of phenols is 3. The number of carboxylic acids is 1. The number of anilines is 1. The smallest absolute Gasteiger partial charge is 0.339 e. The van der Waals surface area contributed by atoms with E-state index in [9.17, 15) is 39.6 Å². The predicted molar refractivity (Wildman–Crippen MR) is 122 cm³/mol. The van der Waals surface area contributed by atoms with E-state index in [-0.39, 0.29) is 50.7 Å². The minimum absolute atomic E-state index is 0.0182. The highest BCUT2D eigenvalue weighted by molar-refractivity contribution is 6.31. The number of Topliss-reactive ketones (excluding diaryl/α,β-unsaturated/α-hetero) is 2. The van der Waals surface area contributed by atoms with E-state index in [0.717, 1.165) is 18.2 Å². The number of ketones is 3. The van der Waals surface area contributed by atoms with Gasteiger partial charge in [-0.25, -0.2) is 4.79 Å². The first-order valence-electron chi connectivity index (χ1n) is 10.4. The Labute approximate surface area is 198 Å². The summed E-state index contributed by atoms with van der Waals surface area (Å²) >= 11 is 0. The zero-order valence-corrected chi connectivity index (χ0v) is 19.1. The van der Waals surface area contributed by atoms with Crippen LogP contribution in [-0.2, 0) is 15.0 Å². The highest BCUT2D eigenvalue weighted by Gasteiger charge is 2.56. The van der Waals surface area contributed by atoms with Crippen LogP contribution in [0.4, 0.5) is 5.69 Å². The average molecular weight is 479 g/mol. The van der Waals surface area contributed by atoms with Gasteiger partial charge in [-0.1, -0.05) is 0 Å². The van der Waals surface area contributed by atoms with Gasteiger partial charge in [0.2, 0.25) is 0 Å². The van der Waals surface area contributed by atoms with Crippen molar-refractivity contribution in [1.82, 2.24) is 0 Å². The van der Waals surface area contributed by atoms with Gasteiger partial charge < -0.3 is 30.5 Å². The van der Waals surface area contributed by atoms with E-state index in [1.807, 2.05) is 0 Å². The van der Waals surface area contributed by atoms with Gasteiger partial charge in [0.15, 0.2) is 17.3 Å². The number of nitrogens with one attached hydrogen (secondary N) is 1. The maximum absolute atomic E-state index is 13.8. The summed E-state index contributed by atoms with van der Waals surface area (Å²) in [5.74, 6) is -5.01. The first-order chi connectivity index (χ1) is 16.3. The number of phenolic OH excluding ortho intramolecular Hbond substituents is 2. The number of allylic oxidation sites excluding steroid dienone is 4. The van der Waals surface area contributed by atoms with Gasteiger partial charge in [0, 0.05) is 23.0 Å². The third-order valence-corrected chi connectivity index (χ3v) is 6.32. The lowest BCUT2D eigenvalue weighted by Gasteiger charge is -2.29. The predicted octanol–water partition coefficient (Wildman–Crippen LogP) is 3.08. The molecule has 0 amide bonds. The Morgan fingerprint density at radius 3 is 2.31 bits per heavy atom. The summed E-state index contributed by atoms with van der Waals surface area (Å²) in [5.41, 5.74) is -2.29. The van der Waals surface area contributed by atoms with Crippen molar-refractivity contribution < 1.29 is 44.3 Å². The molecular formula is C25H21NO9. The van der Waals surface area contributed by atoms with Crippen molar-refractivity contribution >= 4 is 29.0 Å². The number of carbonyl (C=O) groups is 4. The molecule has 1 heterocycles. The maximum Gasteiger partial charge on any atom is 0.339 e. The van der Waals surface area contributed by atoms with Crippen LogP contribution in [0.2, 0.25) is 0 Å². The molecule has 10 nitrogen and oxygen atoms in total. The number of carboxylic acid groups (broad SMARTS) is 1. The summed E-state index contributed by atoms with van der Waals surface area (Å²) < 4.78 is 5.71. The molecule has 5 N–H and O–H groups in total. The monoisotopic (exact) mass is 479 g/mol. The van der Waals surface area contributed by atoms with Crippen LogP contribution in [0.15, 0.2) is 41.3 Å². The van der Waals surface area contributed by atoms with E-state index < -0.39 is 46.0 Å². The number of fused-ring (bicyclic) bond motifs is 3. The minimum atomic E-state index is -1.67. The molecule has 0 spiro atoms. The number of rotatable bonds is 4. The number of aromatic carboxylic acids is 1. The maximum atomic E-state index is 13.8. The largest absolute Gasteiger partial charge is 0.507 e. The van der Waals surface area contributed by atoms with Gasteiger partial charge in [-0.2, -0.15) is 0 Å². The van der Waals surface area contributed by atoms with Crippen LogP contribution in [0.25, 0.3) is 0 Å². The number of hydrogen-bond donors (Lipinski definition) is 5. The Balaban J connectivity index is 1.88. The van der Waals surface area contributed by atoms with Crippen molar-refractivity contribution in [1.29, 1.82) is 0 Å². The molecule has 1 atom stereocenters. The fourth-order valence-corrected chi connectivity index (χ4v) is 4.43. The highest BCUT2D eigenvalue weighted by Crippen LogP contribution is 2.57. The van der Waals surface area contributed by atoms with E-state index in [1.165, 1.54) is 33.8 Å². The zero-order chi connectivity index (χ0) is 26.0. The van der Waals surface area contributed by atoms with Crippen LogP contribution in [-0.4, -0.2) is 43.7 Å². The standard InChI is InChI=1S/C25H21NO9/c1-9-20(30)18(11(3)27)22-19(21(9)31)25(4)16(35-22)8-15(29)17(23(25)32)10(2)26-12-5-6-14(28)13(7-12)24(33)34/h5-8,26,28,30-31H,1-4H3,(H,33,34)/b17-10+/t25-/m0/s1. The molecular weight excluding hydrogens is 458 g/mol. The van der Waals surface area contributed by atoms with Crippen molar-refractivity contribution in [3.05, 3.63) is 63.6 Å². The minimum Gasteiger partial charge on any atom is -0.507 e. The van der Waals surface area contributed by atoms with Crippen molar-refractivity contribution in [2.24, 2.45) is 0 Å². The van der Waals surface area contributed by atoms with Gasteiger partial charge in [0.25, 0.3) is 0 Å². The fourth-order valence-electron chi connectivity index (χ4n) is 4.43. The summed E-state index contributed by atoms with van der Waals surface area (Å²) in [7, 11) is 0. The van der Waals surface area contributed by atoms with Crippen molar-refractivity contribution in [2.75, 3.05) is 5.32 Å². The first-order valence-corrected chi connectivity index (χ1v) is 10.4. The van der Waals surface area contributed by atoms with E-state index >= 15 is 0 Å². The second-order valence-corrected chi connectivity index (χ2v) is 8.55. The lowest BCUT2D eigenvalue weighted by atomic mass is 9.70. The lowest BCUT2D eigenvalue weighted by molar-refractivity contribution is -0.123. The molecule has 0 radical (unpaired) electrons. The fraction of sp³-hybridized carbons (Fsp3) is 0.200. The zero-order valence-electron chi connectivity index (χ0n) is 19.1. The van der Waals surface area contributed by atoms with Gasteiger partial charge in [0.1, 0.15) is 45.3 Å². The van der Waals surface area contributed by atoms with Crippen LogP contribution in [0.1, 0.15) is 52.6 Å². The molecule has 1 aliphatic carbocycles. The molecule has 0 bridgehead atoms. The summed E-state index contributed by atoms with van der Waals surface area (Å²) in [4.78, 5) is 50.3. The van der Waals surface area contributed by atoms with Gasteiger partial charge >= 0.3 is 5.97 Å². The normalized spacial score (nSPS) is 19.9. The Hall–Kier alpha value is -4.60. The molecule has 0 unspecified atom stereocenters. The van der Waals surface area contributed by atoms with E-state index in [2.05, 4.69) is 5.32 Å². The second-order valence-electron chi connectivity index (χ2n) is 8.55. The summed E-state index contributed by atoms with van der Waals surface area (Å²) in [5, 5.41) is 43.0. The first kappa shape index (κ1) is 23.6. The Bertz CT molecular complexity index is 1450. The second kappa shape index (κ2) is 7.73. The Kier molecular flexibility index (Phi) is 5.20. The number of aromatic hydroxyl groups is 3. The Morgan fingerprint density at radius 2 is 1.71 bits per heavy atom. The van der Waals surface area contributed by atoms with Crippen LogP contribution in [0, 0.1) is 6.92 Å². The molecule has 0 aromatic heterocycles. The molecule has 0 saturated carbocycles. The van der Waals surface area contributed by atoms with Crippen molar-refractivity contribution in [3.8, 4) is 23.0 Å². The summed E-state index contributed by atoms with van der Waals surface area (Å²) in [6.07, 6.45) is 1.08. The van der Waals surface area contributed by atoms with E-state index in [4.69, 9.17) is 4.74 Å². The average Bonchev–Trinajstić information content (AvgIpc) is 3.06. The van der Waals surface area contributed by atoms with E-state index in [1.54, 1.807) is 0 Å². The van der Waals surface area contributed by atoms with Gasteiger partial charge in [-0.15, -0.1) is 0 Å².